The average Bonchev–Trinajstić information content (AvgIpc) is 3.08. The van der Waals surface area contributed by atoms with Gasteiger partial charge in [0.2, 0.25) is 0 Å². The number of hydrogen-bond donors (Lipinski definition) is 1. The number of aromatic nitrogens is 1. The van der Waals surface area contributed by atoms with Gasteiger partial charge in [-0.1, -0.05) is 18.2 Å². The first-order valence-corrected chi connectivity index (χ1v) is 9.42. The molecular formula is C20H23N2O2S+. The highest BCUT2D eigenvalue weighted by molar-refractivity contribution is 7.07. The van der Waals surface area contributed by atoms with Crippen molar-refractivity contribution in [2.45, 2.75) is 26.9 Å². The van der Waals surface area contributed by atoms with Gasteiger partial charge in [-0.2, -0.15) is 11.3 Å². The van der Waals surface area contributed by atoms with Crippen LogP contribution in [0.2, 0.25) is 0 Å². The zero-order valence-electron chi connectivity index (χ0n) is 14.8. The van der Waals surface area contributed by atoms with E-state index in [0.717, 1.165) is 28.7 Å². The molecule has 0 saturated heterocycles. The molecule has 4 nitrogen and oxygen atoms in total. The maximum absolute atomic E-state index is 12.6. The van der Waals surface area contributed by atoms with Gasteiger partial charge in [0.05, 0.1) is 24.7 Å². The van der Waals surface area contributed by atoms with Crippen molar-refractivity contribution >= 4 is 28.2 Å². The lowest BCUT2D eigenvalue weighted by atomic mass is 10.0. The zero-order valence-corrected chi connectivity index (χ0v) is 15.7. The number of aryl methyl sites for hydroxylation is 1. The van der Waals surface area contributed by atoms with E-state index in [9.17, 15) is 4.79 Å². The molecule has 25 heavy (non-hydrogen) atoms. The Morgan fingerprint density at radius 3 is 2.76 bits per heavy atom. The van der Waals surface area contributed by atoms with Crippen LogP contribution < -0.4 is 4.90 Å². The Morgan fingerprint density at radius 2 is 2.04 bits per heavy atom. The average molecular weight is 355 g/mol. The van der Waals surface area contributed by atoms with E-state index in [2.05, 4.69) is 23.9 Å². The van der Waals surface area contributed by atoms with E-state index < -0.39 is 0 Å². The number of pyridine rings is 1. The maximum atomic E-state index is 12.6. The number of rotatable bonds is 6. The standard InChI is InChI=1S/C20H22N2O2S/c1-4-24-20(23)19-14(2)16-7-5-6-8-17(16)21-18(19)12-22(3)11-15-9-10-25-13-15/h5-10,13H,4,11-12H2,1-3H3/p+1. The first-order valence-electron chi connectivity index (χ1n) is 8.47. The van der Waals surface area contributed by atoms with E-state index in [4.69, 9.17) is 9.72 Å². The summed E-state index contributed by atoms with van der Waals surface area (Å²) in [6.45, 7) is 5.75. The fourth-order valence-corrected chi connectivity index (χ4v) is 3.80. The number of quaternary nitrogens is 1. The largest absolute Gasteiger partial charge is 0.462 e. The van der Waals surface area contributed by atoms with Crippen LogP contribution in [0.15, 0.2) is 41.1 Å². The summed E-state index contributed by atoms with van der Waals surface area (Å²) < 4.78 is 5.30. The molecule has 0 radical (unpaired) electrons. The monoisotopic (exact) mass is 355 g/mol. The van der Waals surface area contributed by atoms with Crippen LogP contribution in [0.4, 0.5) is 0 Å². The van der Waals surface area contributed by atoms with E-state index >= 15 is 0 Å². The van der Waals surface area contributed by atoms with E-state index in [-0.39, 0.29) is 5.97 Å². The smallest absolute Gasteiger partial charge is 0.340 e. The molecule has 3 aromatic rings. The third-order valence-electron chi connectivity index (χ3n) is 4.26. The second-order valence-corrected chi connectivity index (χ2v) is 7.02. The van der Waals surface area contributed by atoms with Gasteiger partial charge >= 0.3 is 5.97 Å². The van der Waals surface area contributed by atoms with Gasteiger partial charge in [-0.25, -0.2) is 9.78 Å². The number of nitrogens with zero attached hydrogens (tertiary/aromatic N) is 1. The van der Waals surface area contributed by atoms with Gasteiger partial charge < -0.3 is 9.64 Å². The first kappa shape index (κ1) is 17.6. The second-order valence-electron chi connectivity index (χ2n) is 6.24. The van der Waals surface area contributed by atoms with E-state index in [0.29, 0.717) is 18.7 Å². The van der Waals surface area contributed by atoms with Crippen molar-refractivity contribution in [3.05, 3.63) is 63.5 Å². The van der Waals surface area contributed by atoms with Crippen molar-refractivity contribution < 1.29 is 14.4 Å². The summed E-state index contributed by atoms with van der Waals surface area (Å²) >= 11 is 1.70. The molecule has 0 spiro atoms. The fraction of sp³-hybridized carbons (Fsp3) is 0.300. The number of ether oxygens (including phenoxy) is 1. The number of esters is 1. The van der Waals surface area contributed by atoms with Crippen molar-refractivity contribution in [2.24, 2.45) is 0 Å². The highest BCUT2D eigenvalue weighted by Gasteiger charge is 2.22. The van der Waals surface area contributed by atoms with Gasteiger partial charge in [0.15, 0.2) is 0 Å². The van der Waals surface area contributed by atoms with Gasteiger partial charge in [-0.15, -0.1) is 0 Å². The van der Waals surface area contributed by atoms with Crippen LogP contribution in [-0.2, 0) is 17.8 Å². The number of carbonyl (C=O) groups is 1. The Hall–Kier alpha value is -2.24. The molecule has 1 atom stereocenters. The quantitative estimate of drug-likeness (QED) is 0.691. The van der Waals surface area contributed by atoms with Crippen LogP contribution in [0.5, 0.6) is 0 Å². The molecule has 2 heterocycles. The highest BCUT2D eigenvalue weighted by Crippen LogP contribution is 2.23. The second kappa shape index (κ2) is 7.76. The molecule has 0 aliphatic carbocycles. The molecule has 0 saturated carbocycles. The van der Waals surface area contributed by atoms with Crippen molar-refractivity contribution in [3.8, 4) is 0 Å². The lowest BCUT2D eigenvalue weighted by Crippen LogP contribution is -3.06. The van der Waals surface area contributed by atoms with E-state index in [1.165, 1.54) is 10.5 Å². The SMILES string of the molecule is CCOC(=O)c1c(C[NH+](C)Cc2ccsc2)nc2ccccc2c1C. The minimum absolute atomic E-state index is 0.281. The molecule has 0 aliphatic heterocycles. The summed E-state index contributed by atoms with van der Waals surface area (Å²) in [6.07, 6.45) is 0. The molecule has 0 bridgehead atoms. The van der Waals surface area contributed by atoms with Gasteiger partial charge in [0.25, 0.3) is 0 Å². The summed E-state index contributed by atoms with van der Waals surface area (Å²) in [6, 6.07) is 10.1. The Balaban J connectivity index is 1.99. The van der Waals surface area contributed by atoms with Crippen LogP contribution in [0.1, 0.15) is 34.1 Å². The van der Waals surface area contributed by atoms with Crippen LogP contribution >= 0.6 is 11.3 Å². The zero-order chi connectivity index (χ0) is 17.8. The van der Waals surface area contributed by atoms with Crippen molar-refractivity contribution in [1.82, 2.24) is 4.98 Å². The maximum Gasteiger partial charge on any atom is 0.340 e. The molecule has 2 aromatic heterocycles. The third-order valence-corrected chi connectivity index (χ3v) is 4.99. The van der Waals surface area contributed by atoms with Gasteiger partial charge in [-0.05, 0) is 42.3 Å². The topological polar surface area (TPSA) is 43.6 Å². The molecule has 0 aliphatic rings. The number of thiophene rings is 1. The Morgan fingerprint density at radius 1 is 1.24 bits per heavy atom. The lowest BCUT2D eigenvalue weighted by Gasteiger charge is -2.17. The Kier molecular flexibility index (Phi) is 5.46. The van der Waals surface area contributed by atoms with Crippen molar-refractivity contribution in [2.75, 3.05) is 13.7 Å². The normalized spacial score (nSPS) is 12.3. The predicted molar refractivity (Wildman–Crippen MR) is 101 cm³/mol. The number of para-hydroxylation sites is 1. The summed E-state index contributed by atoms with van der Waals surface area (Å²) in [4.78, 5) is 18.6. The summed E-state index contributed by atoms with van der Waals surface area (Å²) in [5, 5.41) is 5.25. The first-order chi connectivity index (χ1) is 12.1. The number of carbonyl (C=O) groups excluding carboxylic acids is 1. The number of fused-ring (bicyclic) bond motifs is 1. The molecular weight excluding hydrogens is 332 g/mol. The molecule has 1 aromatic carbocycles. The van der Waals surface area contributed by atoms with Crippen molar-refractivity contribution in [1.29, 1.82) is 0 Å². The fourth-order valence-electron chi connectivity index (χ4n) is 3.13. The number of benzene rings is 1. The van der Waals surface area contributed by atoms with Crippen molar-refractivity contribution in [3.63, 3.8) is 0 Å². The Bertz CT molecular complexity index is 875. The van der Waals surface area contributed by atoms with Crippen LogP contribution in [0.25, 0.3) is 10.9 Å². The lowest BCUT2D eigenvalue weighted by molar-refractivity contribution is -0.908. The molecule has 130 valence electrons. The summed E-state index contributed by atoms with van der Waals surface area (Å²) in [5.74, 6) is -0.281. The minimum atomic E-state index is -0.281. The third kappa shape index (κ3) is 3.89. The number of nitrogens with one attached hydrogen (secondary N) is 1. The molecule has 0 amide bonds. The molecule has 1 N–H and O–H groups in total. The molecule has 5 heteroatoms. The van der Waals surface area contributed by atoms with Gasteiger partial charge in [-0.3, -0.25) is 0 Å². The summed E-state index contributed by atoms with van der Waals surface area (Å²) in [5.41, 5.74) is 4.60. The Labute approximate surface area is 152 Å². The molecule has 1 unspecified atom stereocenters. The number of hydrogen-bond acceptors (Lipinski definition) is 4. The molecule has 0 fully saturated rings. The molecule has 3 rings (SSSR count). The predicted octanol–water partition coefficient (Wildman–Crippen LogP) is 3.00. The van der Waals surface area contributed by atoms with Gasteiger partial charge in [0, 0.05) is 10.9 Å². The van der Waals surface area contributed by atoms with Crippen LogP contribution in [-0.4, -0.2) is 24.6 Å². The minimum Gasteiger partial charge on any atom is -0.462 e. The van der Waals surface area contributed by atoms with Gasteiger partial charge in [0.1, 0.15) is 18.8 Å². The van der Waals surface area contributed by atoms with E-state index in [1.54, 1.807) is 11.3 Å². The summed E-state index contributed by atoms with van der Waals surface area (Å²) in [7, 11) is 2.12. The van der Waals surface area contributed by atoms with E-state index in [1.807, 2.05) is 38.1 Å². The van der Waals surface area contributed by atoms with Crippen LogP contribution in [0.3, 0.4) is 0 Å². The van der Waals surface area contributed by atoms with Crippen LogP contribution in [0, 0.1) is 6.92 Å². The highest BCUT2D eigenvalue weighted by atomic mass is 32.1.